The van der Waals surface area contributed by atoms with Crippen molar-refractivity contribution in [3.05, 3.63) is 16.4 Å². The van der Waals surface area contributed by atoms with Gasteiger partial charge in [0.2, 0.25) is 0 Å². The summed E-state index contributed by atoms with van der Waals surface area (Å²) in [4.78, 5) is 12.6. The van der Waals surface area contributed by atoms with E-state index in [9.17, 15) is 4.79 Å². The second-order valence-electron chi connectivity index (χ2n) is 5.12. The molecule has 1 aromatic rings. The van der Waals surface area contributed by atoms with Gasteiger partial charge in [-0.25, -0.2) is 0 Å². The van der Waals surface area contributed by atoms with Gasteiger partial charge < -0.3 is 0 Å². The number of nitrogens with zero attached hydrogens (tertiary/aromatic N) is 2. The number of hydrogen-bond donors (Lipinski definition) is 0. The molecule has 1 aromatic heterocycles. The van der Waals surface area contributed by atoms with Gasteiger partial charge in [0, 0.05) is 12.5 Å². The normalized spacial score (nSPS) is 17.7. The first-order chi connectivity index (χ1) is 8.74. The Bertz CT molecular complexity index is 406. The highest BCUT2D eigenvalue weighted by molar-refractivity contribution is 9.10. The maximum absolute atomic E-state index is 12.6. The number of ketones is 1. The lowest BCUT2D eigenvalue weighted by Crippen LogP contribution is -2.19. The summed E-state index contributed by atoms with van der Waals surface area (Å²) in [6.45, 7) is 2.93. The number of halogens is 1. The van der Waals surface area contributed by atoms with Crippen molar-refractivity contribution in [2.75, 3.05) is 0 Å². The van der Waals surface area contributed by atoms with Crippen molar-refractivity contribution >= 4 is 21.7 Å². The minimum absolute atomic E-state index is 0.205. The SMILES string of the molecule is CCCn1ncc(Br)c1C(=O)C1CCCCCC1. The van der Waals surface area contributed by atoms with E-state index in [1.165, 1.54) is 25.7 Å². The van der Waals surface area contributed by atoms with Crippen LogP contribution in [0.15, 0.2) is 10.7 Å². The van der Waals surface area contributed by atoms with Gasteiger partial charge in [0.25, 0.3) is 0 Å². The lowest BCUT2D eigenvalue weighted by atomic mass is 9.93. The Morgan fingerprint density at radius 1 is 1.39 bits per heavy atom. The van der Waals surface area contributed by atoms with Gasteiger partial charge in [0.15, 0.2) is 5.78 Å². The fourth-order valence-corrected chi connectivity index (χ4v) is 3.22. The number of carbonyl (C=O) groups excluding carboxylic acids is 1. The van der Waals surface area contributed by atoms with Crippen LogP contribution >= 0.6 is 15.9 Å². The lowest BCUT2D eigenvalue weighted by Gasteiger charge is -2.14. The highest BCUT2D eigenvalue weighted by atomic mass is 79.9. The predicted octanol–water partition coefficient (Wildman–Crippen LogP) is 4.21. The molecule has 1 heterocycles. The first-order valence-electron chi connectivity index (χ1n) is 6.99. The van der Waals surface area contributed by atoms with Crippen molar-refractivity contribution in [3.8, 4) is 0 Å². The molecule has 4 heteroatoms. The number of aryl methyl sites for hydroxylation is 1. The summed E-state index contributed by atoms with van der Waals surface area (Å²) >= 11 is 3.47. The molecule has 1 aliphatic rings. The maximum Gasteiger partial charge on any atom is 0.185 e. The predicted molar refractivity (Wildman–Crippen MR) is 75.7 cm³/mol. The summed E-state index contributed by atoms with van der Waals surface area (Å²) in [6.07, 6.45) is 9.77. The highest BCUT2D eigenvalue weighted by Crippen LogP contribution is 2.28. The molecule has 0 atom stereocenters. The largest absolute Gasteiger partial charge is 0.292 e. The summed E-state index contributed by atoms with van der Waals surface area (Å²) in [7, 11) is 0. The van der Waals surface area contributed by atoms with Gasteiger partial charge in [-0.3, -0.25) is 9.48 Å². The molecule has 0 unspecified atom stereocenters. The van der Waals surface area contributed by atoms with Crippen LogP contribution in [0.2, 0.25) is 0 Å². The summed E-state index contributed by atoms with van der Waals surface area (Å²) in [5, 5.41) is 4.29. The molecule has 0 radical (unpaired) electrons. The smallest absolute Gasteiger partial charge is 0.185 e. The second-order valence-corrected chi connectivity index (χ2v) is 5.97. The molecule has 0 saturated heterocycles. The van der Waals surface area contributed by atoms with Crippen molar-refractivity contribution in [2.45, 2.75) is 58.4 Å². The molecule has 1 fully saturated rings. The molecule has 0 bridgehead atoms. The van der Waals surface area contributed by atoms with E-state index in [-0.39, 0.29) is 11.7 Å². The highest BCUT2D eigenvalue weighted by Gasteiger charge is 2.26. The Labute approximate surface area is 117 Å². The van der Waals surface area contributed by atoms with E-state index in [2.05, 4.69) is 28.0 Å². The zero-order valence-corrected chi connectivity index (χ0v) is 12.6. The van der Waals surface area contributed by atoms with Crippen LogP contribution in [0.1, 0.15) is 62.4 Å². The first-order valence-corrected chi connectivity index (χ1v) is 7.79. The molecule has 100 valence electrons. The number of Topliss-reactive ketones (excluding diaryl/α,β-unsaturated/α-hetero) is 1. The third-order valence-corrected chi connectivity index (χ3v) is 4.27. The van der Waals surface area contributed by atoms with Gasteiger partial charge in [-0.1, -0.05) is 32.6 Å². The van der Waals surface area contributed by atoms with Crippen LogP contribution in [0.3, 0.4) is 0 Å². The van der Waals surface area contributed by atoms with Crippen molar-refractivity contribution in [2.24, 2.45) is 5.92 Å². The van der Waals surface area contributed by atoms with Crippen LogP contribution in [-0.4, -0.2) is 15.6 Å². The number of hydrogen-bond acceptors (Lipinski definition) is 2. The van der Waals surface area contributed by atoms with Crippen LogP contribution < -0.4 is 0 Å². The monoisotopic (exact) mass is 312 g/mol. The summed E-state index contributed by atoms with van der Waals surface area (Å²) in [5.41, 5.74) is 0.781. The molecule has 3 nitrogen and oxygen atoms in total. The number of aromatic nitrogens is 2. The molecule has 1 aliphatic carbocycles. The molecule has 0 amide bonds. The Kier molecular flexibility index (Phi) is 4.98. The minimum Gasteiger partial charge on any atom is -0.292 e. The average molecular weight is 313 g/mol. The summed E-state index contributed by atoms with van der Waals surface area (Å²) in [6, 6.07) is 0. The Morgan fingerprint density at radius 3 is 2.67 bits per heavy atom. The Morgan fingerprint density at radius 2 is 2.06 bits per heavy atom. The first kappa shape index (κ1) is 13.8. The topological polar surface area (TPSA) is 34.9 Å². The minimum atomic E-state index is 0.205. The zero-order chi connectivity index (χ0) is 13.0. The van der Waals surface area contributed by atoms with Crippen molar-refractivity contribution < 1.29 is 4.79 Å². The maximum atomic E-state index is 12.6. The van der Waals surface area contributed by atoms with Gasteiger partial charge in [0.05, 0.1) is 10.7 Å². The van der Waals surface area contributed by atoms with E-state index in [0.717, 1.165) is 36.0 Å². The number of rotatable bonds is 4. The van der Waals surface area contributed by atoms with E-state index in [4.69, 9.17) is 0 Å². The molecule has 2 rings (SSSR count). The third kappa shape index (κ3) is 3.02. The molecular formula is C14H21BrN2O. The third-order valence-electron chi connectivity index (χ3n) is 3.69. The molecule has 1 saturated carbocycles. The van der Waals surface area contributed by atoms with Crippen LogP contribution in [0, 0.1) is 5.92 Å². The molecule has 0 N–H and O–H groups in total. The molecule has 18 heavy (non-hydrogen) atoms. The number of carbonyl (C=O) groups is 1. The van der Waals surface area contributed by atoms with E-state index in [0.29, 0.717) is 0 Å². The fraction of sp³-hybridized carbons (Fsp3) is 0.714. The van der Waals surface area contributed by atoms with Gasteiger partial charge in [-0.05, 0) is 35.2 Å². The van der Waals surface area contributed by atoms with Crippen molar-refractivity contribution in [1.82, 2.24) is 9.78 Å². The van der Waals surface area contributed by atoms with Crippen LogP contribution in [0.5, 0.6) is 0 Å². The fourth-order valence-electron chi connectivity index (χ4n) is 2.72. The average Bonchev–Trinajstić information content (AvgIpc) is 2.58. The molecule has 0 aromatic carbocycles. The van der Waals surface area contributed by atoms with Crippen LogP contribution in [-0.2, 0) is 6.54 Å². The van der Waals surface area contributed by atoms with Crippen LogP contribution in [0.25, 0.3) is 0 Å². The summed E-state index contributed by atoms with van der Waals surface area (Å²) in [5.74, 6) is 0.492. The molecular weight excluding hydrogens is 292 g/mol. The Hall–Kier alpha value is -0.640. The van der Waals surface area contributed by atoms with Gasteiger partial charge in [0.1, 0.15) is 5.69 Å². The van der Waals surface area contributed by atoms with Crippen LogP contribution in [0.4, 0.5) is 0 Å². The van der Waals surface area contributed by atoms with Crippen molar-refractivity contribution in [1.29, 1.82) is 0 Å². The summed E-state index contributed by atoms with van der Waals surface area (Å²) < 4.78 is 2.71. The van der Waals surface area contributed by atoms with E-state index in [1.54, 1.807) is 6.20 Å². The van der Waals surface area contributed by atoms with Gasteiger partial charge in [-0.2, -0.15) is 5.10 Å². The van der Waals surface area contributed by atoms with E-state index >= 15 is 0 Å². The quantitative estimate of drug-likeness (QED) is 0.616. The molecule has 0 spiro atoms. The van der Waals surface area contributed by atoms with E-state index in [1.807, 2.05) is 4.68 Å². The molecule has 0 aliphatic heterocycles. The zero-order valence-electron chi connectivity index (χ0n) is 11.0. The van der Waals surface area contributed by atoms with Gasteiger partial charge in [-0.15, -0.1) is 0 Å². The van der Waals surface area contributed by atoms with Gasteiger partial charge >= 0.3 is 0 Å². The standard InChI is InChI=1S/C14H21BrN2O/c1-2-9-17-13(12(15)10-16-17)14(18)11-7-5-3-4-6-8-11/h10-11H,2-9H2,1H3. The lowest BCUT2D eigenvalue weighted by molar-refractivity contribution is 0.0895. The van der Waals surface area contributed by atoms with Crippen molar-refractivity contribution in [3.63, 3.8) is 0 Å². The van der Waals surface area contributed by atoms with E-state index < -0.39 is 0 Å². The second kappa shape index (κ2) is 6.50. The Balaban J connectivity index is 2.18.